The Morgan fingerprint density at radius 1 is 1.10 bits per heavy atom. The predicted molar refractivity (Wildman–Crippen MR) is 145 cm³/mol. The molecule has 3 fully saturated rings. The number of carboxylic acids is 2. The molecule has 4 N–H and O–H groups in total. The molecule has 8 unspecified atom stereocenters. The molecular formula is C31H42O8. The maximum absolute atomic E-state index is 12.0. The van der Waals surface area contributed by atoms with Crippen LogP contribution in [0, 0.1) is 22.7 Å². The minimum atomic E-state index is -0.998. The number of hydrogen-bond acceptors (Lipinski definition) is 6. The van der Waals surface area contributed by atoms with E-state index in [4.69, 9.17) is 14.6 Å². The lowest BCUT2D eigenvalue weighted by Crippen LogP contribution is -2.62. The van der Waals surface area contributed by atoms with E-state index in [1.165, 1.54) is 5.57 Å². The molecule has 1 aromatic rings. The van der Waals surface area contributed by atoms with Crippen LogP contribution in [0.2, 0.25) is 0 Å². The Labute approximate surface area is 230 Å². The monoisotopic (exact) mass is 542 g/mol. The molecule has 3 aliphatic carbocycles. The van der Waals surface area contributed by atoms with Crippen LogP contribution < -0.4 is 0 Å². The highest BCUT2D eigenvalue weighted by atomic mass is 16.7. The lowest BCUT2D eigenvalue weighted by Gasteiger charge is -2.60. The fraction of sp³-hybridized carbons (Fsp3) is 0.613. The normalized spacial score (nSPS) is 38.7. The molecule has 5 rings (SSSR count). The van der Waals surface area contributed by atoms with Gasteiger partial charge in [-0.1, -0.05) is 51.1 Å². The van der Waals surface area contributed by atoms with Crippen molar-refractivity contribution in [2.24, 2.45) is 22.7 Å². The quantitative estimate of drug-likeness (QED) is 0.399. The first kappa shape index (κ1) is 29.5. The highest BCUT2D eigenvalue weighted by Gasteiger charge is 2.64. The number of carbonyl (C=O) groups is 2. The first-order chi connectivity index (χ1) is 18.2. The number of ether oxygens (including phenoxy) is 2. The third-order valence-electron chi connectivity index (χ3n) is 10.00. The van der Waals surface area contributed by atoms with Crippen molar-refractivity contribution in [3.05, 3.63) is 59.7 Å². The second-order valence-corrected chi connectivity index (χ2v) is 12.4. The van der Waals surface area contributed by atoms with Gasteiger partial charge in [-0.25, -0.2) is 4.79 Å². The van der Waals surface area contributed by atoms with Crippen molar-refractivity contribution in [2.45, 2.75) is 96.4 Å². The van der Waals surface area contributed by atoms with E-state index in [0.717, 1.165) is 12.0 Å². The van der Waals surface area contributed by atoms with Gasteiger partial charge in [0.25, 0.3) is 0 Å². The summed E-state index contributed by atoms with van der Waals surface area (Å²) in [5.41, 5.74) is 0.726. The molecule has 0 spiro atoms. The fourth-order valence-corrected chi connectivity index (χ4v) is 7.65. The third kappa shape index (κ3) is 5.20. The Morgan fingerprint density at radius 3 is 2.33 bits per heavy atom. The minimum absolute atomic E-state index is 0.108. The van der Waals surface area contributed by atoms with Gasteiger partial charge in [-0.3, -0.25) is 4.79 Å². The summed E-state index contributed by atoms with van der Waals surface area (Å²) in [6.07, 6.45) is 2.81. The van der Waals surface area contributed by atoms with E-state index in [2.05, 4.69) is 34.3 Å². The van der Waals surface area contributed by atoms with Crippen LogP contribution in [-0.4, -0.2) is 62.6 Å². The Balaban J connectivity index is 0.000000333. The van der Waals surface area contributed by atoms with E-state index in [0.29, 0.717) is 31.2 Å². The second kappa shape index (κ2) is 10.8. The Kier molecular flexibility index (Phi) is 8.16. The van der Waals surface area contributed by atoms with Crippen LogP contribution >= 0.6 is 0 Å². The molecule has 0 amide bonds. The summed E-state index contributed by atoms with van der Waals surface area (Å²) in [5.74, 6) is -2.42. The summed E-state index contributed by atoms with van der Waals surface area (Å²) in [6.45, 7) is 12.3. The summed E-state index contributed by atoms with van der Waals surface area (Å²) < 4.78 is 12.7. The summed E-state index contributed by atoms with van der Waals surface area (Å²) >= 11 is 0. The van der Waals surface area contributed by atoms with Crippen LogP contribution in [0.5, 0.6) is 0 Å². The summed E-state index contributed by atoms with van der Waals surface area (Å²) in [6, 6.07) is 8.30. The lowest BCUT2D eigenvalue weighted by atomic mass is 9.48. The van der Waals surface area contributed by atoms with Crippen LogP contribution in [-0.2, 0) is 14.3 Å². The molecule has 39 heavy (non-hydrogen) atoms. The Hall–Kier alpha value is -2.52. The first-order valence-electron chi connectivity index (χ1n) is 13.8. The number of aliphatic hydroxyl groups excluding tert-OH is 1. The number of aliphatic hydroxyl groups is 2. The molecule has 2 saturated carbocycles. The van der Waals surface area contributed by atoms with Crippen LogP contribution in [0.4, 0.5) is 0 Å². The standard InChI is InChI=1S/C24H36O6.C7H6O2/c1-6-18-29-20-19-13(2)7-10-24(28,22(19,3)4)12-15-14(11-17(26)27)16(25)8-9-23(15,5)21(20)30-18;8-7(9)6-4-2-1-3-5-6/h6,14-16,18,20-21,25,28H,1,7-12H2,2-5H3,(H,26,27);1-5H,(H,8,9). The number of allylic oxidation sites excluding steroid dienone is 1. The zero-order valence-corrected chi connectivity index (χ0v) is 23.3. The van der Waals surface area contributed by atoms with Crippen LogP contribution in [0.3, 0.4) is 0 Å². The van der Waals surface area contributed by atoms with E-state index >= 15 is 0 Å². The number of hydrogen-bond donors (Lipinski definition) is 4. The van der Waals surface area contributed by atoms with Gasteiger partial charge in [-0.15, -0.1) is 0 Å². The van der Waals surface area contributed by atoms with Crippen LogP contribution in [0.1, 0.15) is 76.6 Å². The largest absolute Gasteiger partial charge is 0.481 e. The maximum atomic E-state index is 12.0. The fourth-order valence-electron chi connectivity index (χ4n) is 7.65. The molecule has 1 saturated heterocycles. The van der Waals surface area contributed by atoms with Crippen molar-refractivity contribution in [1.82, 2.24) is 0 Å². The van der Waals surface area contributed by atoms with Crippen molar-refractivity contribution in [1.29, 1.82) is 0 Å². The molecule has 0 aromatic heterocycles. The van der Waals surface area contributed by atoms with E-state index in [-0.39, 0.29) is 24.5 Å². The van der Waals surface area contributed by atoms with Crippen molar-refractivity contribution in [3.63, 3.8) is 0 Å². The van der Waals surface area contributed by atoms with Gasteiger partial charge in [-0.05, 0) is 74.6 Å². The van der Waals surface area contributed by atoms with Gasteiger partial charge in [0.15, 0.2) is 6.29 Å². The number of fused-ring (bicyclic) bond motifs is 6. The second-order valence-electron chi connectivity index (χ2n) is 12.4. The average molecular weight is 543 g/mol. The molecule has 8 nitrogen and oxygen atoms in total. The van der Waals surface area contributed by atoms with E-state index in [1.807, 2.05) is 0 Å². The number of aromatic carboxylic acids is 1. The van der Waals surface area contributed by atoms with Gasteiger partial charge in [0.1, 0.15) is 6.10 Å². The third-order valence-corrected chi connectivity index (χ3v) is 10.00. The van der Waals surface area contributed by atoms with Gasteiger partial charge in [0.05, 0.1) is 29.8 Å². The van der Waals surface area contributed by atoms with Crippen LogP contribution in [0.15, 0.2) is 54.1 Å². The molecule has 214 valence electrons. The molecule has 8 heteroatoms. The van der Waals surface area contributed by atoms with Gasteiger partial charge >= 0.3 is 11.9 Å². The predicted octanol–water partition coefficient (Wildman–Crippen LogP) is 4.81. The Morgan fingerprint density at radius 2 is 1.77 bits per heavy atom. The summed E-state index contributed by atoms with van der Waals surface area (Å²) in [5, 5.41) is 40.8. The molecule has 8 atom stereocenters. The average Bonchev–Trinajstić information content (AvgIpc) is 3.31. The topological polar surface area (TPSA) is 134 Å². The minimum Gasteiger partial charge on any atom is -0.481 e. The summed E-state index contributed by atoms with van der Waals surface area (Å²) in [4.78, 5) is 21.9. The molecular weight excluding hydrogens is 500 g/mol. The molecule has 4 aliphatic rings. The number of benzene rings is 1. The zero-order chi connectivity index (χ0) is 28.8. The van der Waals surface area contributed by atoms with Gasteiger partial charge in [0.2, 0.25) is 0 Å². The number of aliphatic carboxylic acids is 1. The van der Waals surface area contributed by atoms with E-state index < -0.39 is 46.7 Å². The summed E-state index contributed by atoms with van der Waals surface area (Å²) in [7, 11) is 0. The number of rotatable bonds is 4. The van der Waals surface area contributed by atoms with Crippen LogP contribution in [0.25, 0.3) is 0 Å². The van der Waals surface area contributed by atoms with Crippen molar-refractivity contribution in [2.75, 3.05) is 0 Å². The lowest BCUT2D eigenvalue weighted by molar-refractivity contribution is -0.176. The van der Waals surface area contributed by atoms with Crippen molar-refractivity contribution >= 4 is 11.9 Å². The Bertz CT molecular complexity index is 1130. The first-order valence-corrected chi connectivity index (χ1v) is 13.8. The van der Waals surface area contributed by atoms with Crippen molar-refractivity contribution in [3.8, 4) is 0 Å². The van der Waals surface area contributed by atoms with Gasteiger partial charge in [0, 0.05) is 10.8 Å². The van der Waals surface area contributed by atoms with Gasteiger partial charge in [-0.2, -0.15) is 0 Å². The number of carboxylic acid groups (broad SMARTS) is 2. The molecule has 1 heterocycles. The van der Waals surface area contributed by atoms with E-state index in [9.17, 15) is 24.9 Å². The molecule has 1 aliphatic heterocycles. The molecule has 0 radical (unpaired) electrons. The highest BCUT2D eigenvalue weighted by Crippen LogP contribution is 2.63. The smallest absolute Gasteiger partial charge is 0.335 e. The SMILES string of the molecule is C=CC1OC2C3=C(C)CCC(O)(CC4C(CC(=O)O)C(O)CCC4(C)C2O1)C3(C)C.O=C(O)c1ccccc1. The molecule has 1 aromatic carbocycles. The van der Waals surface area contributed by atoms with Crippen molar-refractivity contribution < 1.29 is 39.5 Å². The molecule has 2 bridgehead atoms. The maximum Gasteiger partial charge on any atom is 0.335 e. The highest BCUT2D eigenvalue weighted by molar-refractivity contribution is 5.87. The zero-order valence-electron chi connectivity index (χ0n) is 23.3. The van der Waals surface area contributed by atoms with Gasteiger partial charge < -0.3 is 29.9 Å². The van der Waals surface area contributed by atoms with E-state index in [1.54, 1.807) is 36.4 Å².